The number of aromatic nitrogens is 2. The van der Waals surface area contributed by atoms with Gasteiger partial charge in [-0.25, -0.2) is 4.39 Å². The minimum atomic E-state index is -0.461. The van der Waals surface area contributed by atoms with E-state index in [0.717, 1.165) is 5.56 Å². The Hall–Kier alpha value is -2.93. The van der Waals surface area contributed by atoms with Crippen molar-refractivity contribution >= 4 is 22.4 Å². The van der Waals surface area contributed by atoms with Gasteiger partial charge in [-0.15, -0.1) is 0 Å². The van der Waals surface area contributed by atoms with Gasteiger partial charge in [0.25, 0.3) is 5.56 Å². The van der Waals surface area contributed by atoms with Crippen LogP contribution in [0.3, 0.4) is 0 Å². The van der Waals surface area contributed by atoms with Crippen molar-refractivity contribution in [1.29, 1.82) is 0 Å². The number of hydrogen-bond acceptors (Lipinski definition) is 4. The molecule has 0 aliphatic carbocycles. The third-order valence-corrected chi connectivity index (χ3v) is 4.61. The number of halogens is 1. The van der Waals surface area contributed by atoms with Crippen molar-refractivity contribution in [3.63, 3.8) is 0 Å². The van der Waals surface area contributed by atoms with Crippen molar-refractivity contribution in [3.05, 3.63) is 68.0 Å². The second-order valence-electron chi connectivity index (χ2n) is 6.68. The molecule has 3 rings (SSSR count). The van der Waals surface area contributed by atoms with E-state index < -0.39 is 5.82 Å². The highest BCUT2D eigenvalue weighted by atomic mass is 19.1. The molecule has 0 aliphatic heterocycles. The van der Waals surface area contributed by atoms with E-state index in [0.29, 0.717) is 29.4 Å². The summed E-state index contributed by atoms with van der Waals surface area (Å²) < 4.78 is 17.4. The zero-order valence-electron chi connectivity index (χ0n) is 15.5. The molecule has 0 unspecified atom stereocenters. The van der Waals surface area contributed by atoms with Crippen LogP contribution < -0.4 is 16.3 Å². The highest BCUT2D eigenvalue weighted by molar-refractivity contribution is 5.91. The fraction of sp³-hybridized carbons (Fsp3) is 0.300. The molecule has 2 aromatic heterocycles. The number of aliphatic hydroxyl groups is 1. The first-order chi connectivity index (χ1) is 12.8. The predicted molar refractivity (Wildman–Crippen MR) is 104 cm³/mol. The molecule has 0 aliphatic rings. The number of aryl methyl sites for hydroxylation is 4. The smallest absolute Gasteiger partial charge is 0.253 e. The van der Waals surface area contributed by atoms with E-state index in [1.165, 1.54) is 16.7 Å². The van der Waals surface area contributed by atoms with Gasteiger partial charge >= 0.3 is 0 Å². The first kappa shape index (κ1) is 18.8. The maximum atomic E-state index is 14.3. The molecule has 3 aromatic rings. The molecule has 0 fully saturated rings. The maximum Gasteiger partial charge on any atom is 0.253 e. The second kappa shape index (κ2) is 7.36. The monoisotopic (exact) mass is 371 g/mol. The molecule has 27 heavy (non-hydrogen) atoms. The molecule has 0 amide bonds. The van der Waals surface area contributed by atoms with Gasteiger partial charge in [-0.1, -0.05) is 6.07 Å². The van der Waals surface area contributed by atoms with Crippen LogP contribution in [-0.2, 0) is 20.5 Å². The molecular weight excluding hydrogens is 349 g/mol. The Bertz CT molecular complexity index is 1130. The fourth-order valence-corrected chi connectivity index (χ4v) is 3.25. The average Bonchev–Trinajstić information content (AvgIpc) is 2.62. The third kappa shape index (κ3) is 3.50. The van der Waals surface area contributed by atoms with Gasteiger partial charge in [-0.3, -0.25) is 14.2 Å². The number of nitrogens with zero attached hydrogens (tertiary/aromatic N) is 2. The third-order valence-electron chi connectivity index (χ3n) is 4.61. The molecule has 0 bridgehead atoms. The summed E-state index contributed by atoms with van der Waals surface area (Å²) in [5, 5.41) is 12.3. The van der Waals surface area contributed by atoms with E-state index in [2.05, 4.69) is 5.32 Å². The normalized spacial score (nSPS) is 11.1. The van der Waals surface area contributed by atoms with Gasteiger partial charge in [-0.2, -0.15) is 0 Å². The minimum absolute atomic E-state index is 0.0197. The quantitative estimate of drug-likeness (QED) is 0.722. The lowest BCUT2D eigenvalue weighted by Gasteiger charge is -2.16. The lowest BCUT2D eigenvalue weighted by molar-refractivity contribution is 0.288. The van der Waals surface area contributed by atoms with Crippen LogP contribution in [0, 0.1) is 12.7 Å². The van der Waals surface area contributed by atoms with Crippen LogP contribution in [0.1, 0.15) is 17.5 Å². The summed E-state index contributed by atoms with van der Waals surface area (Å²) >= 11 is 0. The van der Waals surface area contributed by atoms with Crippen molar-refractivity contribution in [2.24, 2.45) is 14.1 Å². The number of benzene rings is 1. The number of rotatable bonds is 5. The highest BCUT2D eigenvalue weighted by Crippen LogP contribution is 2.25. The van der Waals surface area contributed by atoms with Gasteiger partial charge < -0.3 is 15.0 Å². The molecular formula is C20H22FN3O3. The average molecular weight is 371 g/mol. The Morgan fingerprint density at radius 2 is 1.89 bits per heavy atom. The number of fused-ring (bicyclic) bond motifs is 1. The molecule has 6 nitrogen and oxygen atoms in total. The van der Waals surface area contributed by atoms with Crippen LogP contribution in [0.2, 0.25) is 0 Å². The molecule has 0 radical (unpaired) electrons. The summed E-state index contributed by atoms with van der Waals surface area (Å²) in [6.07, 6.45) is 2.55. The first-order valence-electron chi connectivity index (χ1n) is 8.69. The number of pyridine rings is 2. The summed E-state index contributed by atoms with van der Waals surface area (Å²) in [7, 11) is 3.34. The standard InChI is InChI=1S/C20H22FN3O3/c1-12-6-7-15(14(21)9-12)22-16-10-17(26)24(3)20-18(16)19(27)13(5-4-8-25)11-23(20)2/h6-7,9-11,22,25H,4-5,8H2,1-3H3. The summed E-state index contributed by atoms with van der Waals surface area (Å²) in [6, 6.07) is 6.02. The summed E-state index contributed by atoms with van der Waals surface area (Å²) in [5.41, 5.74) is 1.66. The van der Waals surface area contributed by atoms with Gasteiger partial charge in [0.05, 0.1) is 16.8 Å². The largest absolute Gasteiger partial charge is 0.396 e. The van der Waals surface area contributed by atoms with Crippen LogP contribution in [0.15, 0.2) is 40.1 Å². The Balaban J connectivity index is 2.28. The van der Waals surface area contributed by atoms with E-state index >= 15 is 0 Å². The zero-order chi connectivity index (χ0) is 19.7. The Labute approximate surface area is 155 Å². The van der Waals surface area contributed by atoms with Crippen LogP contribution in [0.4, 0.5) is 15.8 Å². The molecule has 142 valence electrons. The molecule has 0 saturated carbocycles. The summed E-state index contributed by atoms with van der Waals surface area (Å²) in [4.78, 5) is 25.4. The lowest BCUT2D eigenvalue weighted by Crippen LogP contribution is -2.25. The van der Waals surface area contributed by atoms with Crippen molar-refractivity contribution in [2.75, 3.05) is 11.9 Å². The van der Waals surface area contributed by atoms with Crippen molar-refractivity contribution in [2.45, 2.75) is 19.8 Å². The number of hydrogen-bond donors (Lipinski definition) is 2. The summed E-state index contributed by atoms with van der Waals surface area (Å²) in [6.45, 7) is 1.76. The summed E-state index contributed by atoms with van der Waals surface area (Å²) in [5.74, 6) is -0.461. The van der Waals surface area contributed by atoms with Crippen LogP contribution in [0.25, 0.3) is 11.0 Å². The second-order valence-corrected chi connectivity index (χ2v) is 6.68. The minimum Gasteiger partial charge on any atom is -0.396 e. The predicted octanol–water partition coefficient (Wildman–Crippen LogP) is 2.35. The van der Waals surface area contributed by atoms with Gasteiger partial charge in [0.1, 0.15) is 11.5 Å². The molecule has 2 heterocycles. The van der Waals surface area contributed by atoms with E-state index in [1.54, 1.807) is 43.9 Å². The SMILES string of the molecule is Cc1ccc(Nc2cc(=O)n(C)c3c2c(=O)c(CCCO)cn3C)c(F)c1. The molecule has 7 heteroatoms. The maximum absolute atomic E-state index is 14.3. The lowest BCUT2D eigenvalue weighted by atomic mass is 10.1. The number of nitrogens with one attached hydrogen (secondary N) is 1. The Morgan fingerprint density at radius 1 is 1.15 bits per heavy atom. The number of anilines is 2. The van der Waals surface area contributed by atoms with E-state index in [4.69, 9.17) is 5.11 Å². The molecule has 0 spiro atoms. The van der Waals surface area contributed by atoms with Gasteiger partial charge in [-0.05, 0) is 37.5 Å². The van der Waals surface area contributed by atoms with Crippen LogP contribution >= 0.6 is 0 Å². The van der Waals surface area contributed by atoms with Gasteiger partial charge in [0, 0.05) is 38.5 Å². The number of aliphatic hydroxyl groups excluding tert-OH is 1. The van der Waals surface area contributed by atoms with Crippen molar-refractivity contribution in [3.8, 4) is 0 Å². The zero-order valence-corrected chi connectivity index (χ0v) is 15.5. The molecule has 0 atom stereocenters. The van der Waals surface area contributed by atoms with Crippen LogP contribution in [-0.4, -0.2) is 20.8 Å². The molecule has 0 saturated heterocycles. The van der Waals surface area contributed by atoms with E-state index in [1.807, 2.05) is 0 Å². The van der Waals surface area contributed by atoms with E-state index in [-0.39, 0.29) is 29.0 Å². The first-order valence-corrected chi connectivity index (χ1v) is 8.69. The van der Waals surface area contributed by atoms with E-state index in [9.17, 15) is 14.0 Å². The fourth-order valence-electron chi connectivity index (χ4n) is 3.25. The Kier molecular flexibility index (Phi) is 5.14. The topological polar surface area (TPSA) is 76.3 Å². The van der Waals surface area contributed by atoms with Crippen molar-refractivity contribution in [1.82, 2.24) is 9.13 Å². The molecule has 2 N–H and O–H groups in total. The highest BCUT2D eigenvalue weighted by Gasteiger charge is 2.16. The van der Waals surface area contributed by atoms with Crippen LogP contribution in [0.5, 0.6) is 0 Å². The van der Waals surface area contributed by atoms with Crippen molar-refractivity contribution < 1.29 is 9.50 Å². The van der Waals surface area contributed by atoms with Gasteiger partial charge in [0.2, 0.25) is 0 Å². The van der Waals surface area contributed by atoms with Gasteiger partial charge in [0.15, 0.2) is 5.43 Å². The molecule has 1 aromatic carbocycles. The Morgan fingerprint density at radius 3 is 2.56 bits per heavy atom.